The molecular weight excluding hydrogens is 508 g/mol. The monoisotopic (exact) mass is 554 g/mol. The van der Waals surface area contributed by atoms with E-state index in [4.69, 9.17) is 14.0 Å². The van der Waals surface area contributed by atoms with Crippen LogP contribution in [0, 0.1) is 5.92 Å². The number of benzene rings is 2. The van der Waals surface area contributed by atoms with Gasteiger partial charge >= 0.3 is 6.09 Å². The van der Waals surface area contributed by atoms with E-state index in [2.05, 4.69) is 69.3 Å². The zero-order valence-electron chi connectivity index (χ0n) is 24.9. The Morgan fingerprint density at radius 3 is 1.95 bits per heavy atom. The summed E-state index contributed by atoms with van der Waals surface area (Å²) in [6.45, 7) is 13.5. The van der Waals surface area contributed by atoms with Crippen LogP contribution in [0.15, 0.2) is 60.7 Å². The van der Waals surface area contributed by atoms with Gasteiger partial charge in [0, 0.05) is 38.6 Å². The minimum absolute atomic E-state index is 0.109. The number of hydrogen-bond donors (Lipinski definition) is 0. The number of carbonyl (C=O) groups is 2. The van der Waals surface area contributed by atoms with E-state index < -0.39 is 13.9 Å². The molecule has 0 bridgehead atoms. The van der Waals surface area contributed by atoms with Crippen molar-refractivity contribution in [1.82, 2.24) is 9.96 Å². The van der Waals surface area contributed by atoms with E-state index in [1.165, 1.54) is 22.5 Å². The van der Waals surface area contributed by atoms with Gasteiger partial charge < -0.3 is 14.1 Å². The van der Waals surface area contributed by atoms with Gasteiger partial charge in [0.2, 0.25) is 5.91 Å². The summed E-state index contributed by atoms with van der Waals surface area (Å²) in [5.41, 5.74) is -0.600. The maximum atomic E-state index is 13.2. The van der Waals surface area contributed by atoms with Crippen LogP contribution in [0.3, 0.4) is 0 Å². The van der Waals surface area contributed by atoms with Gasteiger partial charge in [0.15, 0.2) is 0 Å². The van der Waals surface area contributed by atoms with E-state index in [9.17, 15) is 9.59 Å². The number of amides is 2. The van der Waals surface area contributed by atoms with Crippen LogP contribution in [0.4, 0.5) is 4.79 Å². The van der Waals surface area contributed by atoms with Crippen molar-refractivity contribution in [2.75, 3.05) is 27.3 Å². The molecule has 7 nitrogen and oxygen atoms in total. The molecule has 0 saturated carbocycles. The fraction of sp³-hybridized carbons (Fsp3) is 0.548. The molecule has 0 N–H and O–H groups in total. The van der Waals surface area contributed by atoms with Crippen LogP contribution in [0.1, 0.15) is 60.8 Å². The van der Waals surface area contributed by atoms with Gasteiger partial charge in [-0.3, -0.25) is 9.63 Å². The number of rotatable bonds is 9. The second kappa shape index (κ2) is 12.7. The third-order valence-electron chi connectivity index (χ3n) is 7.40. The molecule has 8 heteroatoms. The molecule has 0 radical (unpaired) electrons. The second-order valence-corrected chi connectivity index (χ2v) is 16.8. The topological polar surface area (TPSA) is 68.3 Å². The van der Waals surface area contributed by atoms with Gasteiger partial charge in [-0.25, -0.2) is 9.86 Å². The summed E-state index contributed by atoms with van der Waals surface area (Å²) in [6.07, 6.45) is 1.24. The lowest BCUT2D eigenvalue weighted by Gasteiger charge is -2.43. The molecule has 2 atom stereocenters. The first-order valence-corrected chi connectivity index (χ1v) is 15.7. The zero-order valence-corrected chi connectivity index (χ0v) is 25.9. The third kappa shape index (κ3) is 7.50. The van der Waals surface area contributed by atoms with Crippen LogP contribution in [-0.4, -0.2) is 69.2 Å². The summed E-state index contributed by atoms with van der Waals surface area (Å²) in [7, 11) is 0.377. The summed E-state index contributed by atoms with van der Waals surface area (Å²) < 4.78 is 12.9. The largest absolute Gasteiger partial charge is 0.444 e. The van der Waals surface area contributed by atoms with Gasteiger partial charge in [-0.15, -0.1) is 0 Å². The molecule has 1 aliphatic rings. The van der Waals surface area contributed by atoms with E-state index in [0.29, 0.717) is 19.6 Å². The van der Waals surface area contributed by atoms with E-state index in [0.717, 1.165) is 6.42 Å². The number of carbonyl (C=O) groups excluding carboxylic acids is 2. The molecule has 1 heterocycles. The normalized spacial score (nSPS) is 18.2. The molecule has 1 saturated heterocycles. The van der Waals surface area contributed by atoms with Crippen LogP contribution in [0.2, 0.25) is 5.04 Å². The van der Waals surface area contributed by atoms with Crippen molar-refractivity contribution in [3.05, 3.63) is 60.7 Å². The highest BCUT2D eigenvalue weighted by molar-refractivity contribution is 6.99. The Morgan fingerprint density at radius 2 is 1.49 bits per heavy atom. The van der Waals surface area contributed by atoms with Gasteiger partial charge in [-0.05, 0) is 49.0 Å². The van der Waals surface area contributed by atoms with Gasteiger partial charge in [-0.2, -0.15) is 0 Å². The molecule has 3 rings (SSSR count). The SMILES string of the molecule is CON(C)C(=O)CC[C@H]1C[C@H](CO[Si](c2ccccc2)(c2ccccc2)C(C)(C)C)CN1C(=O)OC(C)(C)C. The number of nitrogens with zero attached hydrogens (tertiary/aromatic N) is 2. The first kappa shape index (κ1) is 30.9. The Labute approximate surface area is 235 Å². The van der Waals surface area contributed by atoms with Gasteiger partial charge in [-0.1, -0.05) is 81.4 Å². The summed E-state index contributed by atoms with van der Waals surface area (Å²) in [6, 6.07) is 21.1. The maximum Gasteiger partial charge on any atom is 0.410 e. The average Bonchev–Trinajstić information content (AvgIpc) is 3.30. The molecular formula is C31H46N2O5Si. The quantitative estimate of drug-likeness (QED) is 0.323. The molecule has 2 amide bonds. The highest BCUT2D eigenvalue weighted by Crippen LogP contribution is 2.38. The minimum Gasteiger partial charge on any atom is -0.444 e. The first-order valence-electron chi connectivity index (χ1n) is 13.8. The summed E-state index contributed by atoms with van der Waals surface area (Å²) in [5, 5.41) is 3.57. The van der Waals surface area contributed by atoms with Crippen molar-refractivity contribution in [3.63, 3.8) is 0 Å². The van der Waals surface area contributed by atoms with Crippen molar-refractivity contribution in [2.45, 2.75) is 77.5 Å². The van der Waals surface area contributed by atoms with Crippen LogP contribution in [0.5, 0.6) is 0 Å². The highest BCUT2D eigenvalue weighted by atomic mass is 28.4. The smallest absolute Gasteiger partial charge is 0.410 e. The number of likely N-dealkylation sites (tertiary alicyclic amines) is 1. The highest BCUT2D eigenvalue weighted by Gasteiger charge is 2.51. The Kier molecular flexibility index (Phi) is 10.0. The van der Waals surface area contributed by atoms with E-state index in [1.807, 2.05) is 32.9 Å². The zero-order chi connectivity index (χ0) is 28.8. The maximum absolute atomic E-state index is 13.2. The van der Waals surface area contributed by atoms with Gasteiger partial charge in [0.25, 0.3) is 8.32 Å². The molecule has 2 aromatic carbocycles. The lowest BCUT2D eigenvalue weighted by Crippen LogP contribution is -2.67. The van der Waals surface area contributed by atoms with Gasteiger partial charge in [0.1, 0.15) is 5.60 Å². The molecule has 2 aromatic rings. The molecule has 0 unspecified atom stereocenters. The van der Waals surface area contributed by atoms with Crippen molar-refractivity contribution >= 4 is 30.7 Å². The molecule has 214 valence electrons. The lowest BCUT2D eigenvalue weighted by atomic mass is 10.0. The molecule has 39 heavy (non-hydrogen) atoms. The molecule has 0 aromatic heterocycles. The number of ether oxygens (including phenoxy) is 1. The number of hydroxylamine groups is 2. The lowest BCUT2D eigenvalue weighted by molar-refractivity contribution is -0.168. The van der Waals surface area contributed by atoms with E-state index in [-0.39, 0.29) is 35.4 Å². The molecule has 0 spiro atoms. The minimum atomic E-state index is -2.69. The van der Waals surface area contributed by atoms with Crippen molar-refractivity contribution < 1.29 is 23.6 Å². The van der Waals surface area contributed by atoms with E-state index >= 15 is 0 Å². The van der Waals surface area contributed by atoms with Crippen molar-refractivity contribution in [1.29, 1.82) is 0 Å². The van der Waals surface area contributed by atoms with Crippen molar-refractivity contribution in [3.8, 4) is 0 Å². The van der Waals surface area contributed by atoms with Crippen LogP contribution in [-0.2, 0) is 18.8 Å². The van der Waals surface area contributed by atoms with E-state index in [1.54, 1.807) is 11.9 Å². The van der Waals surface area contributed by atoms with Crippen molar-refractivity contribution in [2.24, 2.45) is 5.92 Å². The Morgan fingerprint density at radius 1 is 0.949 bits per heavy atom. The third-order valence-corrected chi connectivity index (χ3v) is 12.4. The average molecular weight is 555 g/mol. The Bertz CT molecular complexity index is 1040. The standard InChI is InChI=1S/C31H46N2O5Si/c1-30(2,3)38-29(35)33-22-24(21-25(33)19-20-28(34)32(7)36-8)23-37-39(31(4,5)6,26-15-11-9-12-16-26)27-17-13-10-14-18-27/h9-18,24-25H,19-23H2,1-8H3/t24-,25-/m0/s1. The van der Waals surface area contributed by atoms with Crippen LogP contribution < -0.4 is 10.4 Å². The summed E-state index contributed by atoms with van der Waals surface area (Å²) in [5.74, 6) is 0.00748. The Balaban J connectivity index is 1.88. The second-order valence-electron chi connectivity index (χ2n) is 12.5. The first-order chi connectivity index (χ1) is 18.3. The van der Waals surface area contributed by atoms with Crippen LogP contribution in [0.25, 0.3) is 0 Å². The summed E-state index contributed by atoms with van der Waals surface area (Å²) >= 11 is 0. The Hall–Kier alpha value is -2.68. The predicted octanol–water partition coefficient (Wildman–Crippen LogP) is 4.99. The fourth-order valence-corrected chi connectivity index (χ4v) is 10.1. The molecule has 0 aliphatic carbocycles. The van der Waals surface area contributed by atoms with Gasteiger partial charge in [0.05, 0.1) is 7.11 Å². The predicted molar refractivity (Wildman–Crippen MR) is 157 cm³/mol. The molecule has 1 fully saturated rings. The number of hydrogen-bond acceptors (Lipinski definition) is 5. The fourth-order valence-electron chi connectivity index (χ4n) is 5.51. The molecule has 1 aliphatic heterocycles. The summed E-state index contributed by atoms with van der Waals surface area (Å²) in [4.78, 5) is 32.5. The van der Waals surface area contributed by atoms with Crippen LogP contribution >= 0.6 is 0 Å².